The first-order valence-corrected chi connectivity index (χ1v) is 9.58. The van der Waals surface area contributed by atoms with E-state index in [-0.39, 0.29) is 24.4 Å². The maximum atomic E-state index is 12.9. The molecule has 1 fully saturated rings. The minimum atomic E-state index is -0.322. The molecule has 1 atom stereocenters. The third-order valence-electron chi connectivity index (χ3n) is 4.44. The van der Waals surface area contributed by atoms with Crippen molar-refractivity contribution < 1.29 is 13.9 Å². The number of halogens is 1. The van der Waals surface area contributed by atoms with Crippen LogP contribution in [0.1, 0.15) is 30.9 Å². The van der Waals surface area contributed by atoms with Gasteiger partial charge in [0, 0.05) is 6.54 Å². The molecule has 6 heteroatoms. The van der Waals surface area contributed by atoms with E-state index in [1.165, 1.54) is 49.1 Å². The van der Waals surface area contributed by atoms with Crippen LogP contribution in [0.5, 0.6) is 5.75 Å². The Morgan fingerprint density at radius 3 is 2.64 bits per heavy atom. The second kappa shape index (κ2) is 8.97. The molecule has 1 amide bonds. The summed E-state index contributed by atoms with van der Waals surface area (Å²) in [6, 6.07) is 8.01. The van der Waals surface area contributed by atoms with Crippen LogP contribution in [0.2, 0.25) is 0 Å². The SMILES string of the molecule is O=C(COc1ccc(F)cc1)NCC(c1ccsc1)N1CCCCC1. The molecular weight excluding hydrogens is 339 g/mol. The summed E-state index contributed by atoms with van der Waals surface area (Å²) >= 11 is 1.68. The van der Waals surface area contributed by atoms with Gasteiger partial charge in [-0.15, -0.1) is 0 Å². The van der Waals surface area contributed by atoms with Gasteiger partial charge in [-0.3, -0.25) is 9.69 Å². The van der Waals surface area contributed by atoms with E-state index < -0.39 is 0 Å². The zero-order chi connectivity index (χ0) is 17.5. The van der Waals surface area contributed by atoms with Crippen LogP contribution in [0.25, 0.3) is 0 Å². The molecular formula is C19H23FN2O2S. The number of nitrogens with one attached hydrogen (secondary N) is 1. The minimum Gasteiger partial charge on any atom is -0.484 e. The fraction of sp³-hybridized carbons (Fsp3) is 0.421. The van der Waals surface area contributed by atoms with E-state index in [9.17, 15) is 9.18 Å². The lowest BCUT2D eigenvalue weighted by Crippen LogP contribution is -2.41. The molecule has 0 bridgehead atoms. The average molecular weight is 362 g/mol. The Hall–Kier alpha value is -1.92. The molecule has 0 saturated carbocycles. The number of likely N-dealkylation sites (tertiary alicyclic amines) is 1. The maximum Gasteiger partial charge on any atom is 0.258 e. The number of thiophene rings is 1. The first-order chi connectivity index (χ1) is 12.2. The zero-order valence-electron chi connectivity index (χ0n) is 14.1. The summed E-state index contributed by atoms with van der Waals surface area (Å²) in [6.45, 7) is 2.65. The Morgan fingerprint density at radius 2 is 1.96 bits per heavy atom. The molecule has 3 rings (SSSR count). The van der Waals surface area contributed by atoms with Crippen molar-refractivity contribution in [2.45, 2.75) is 25.3 Å². The molecule has 0 radical (unpaired) electrons. The predicted octanol–water partition coefficient (Wildman–Crippen LogP) is 3.61. The number of ether oxygens (including phenoxy) is 1. The highest BCUT2D eigenvalue weighted by molar-refractivity contribution is 7.07. The van der Waals surface area contributed by atoms with Gasteiger partial charge in [0.2, 0.25) is 0 Å². The number of carbonyl (C=O) groups is 1. The van der Waals surface area contributed by atoms with Gasteiger partial charge >= 0.3 is 0 Å². The summed E-state index contributed by atoms with van der Waals surface area (Å²) in [5.74, 6) is 0.000432. The Balaban J connectivity index is 1.51. The summed E-state index contributed by atoms with van der Waals surface area (Å²) in [6.07, 6.45) is 3.70. The molecule has 2 heterocycles. The van der Waals surface area contributed by atoms with Crippen molar-refractivity contribution in [1.82, 2.24) is 10.2 Å². The molecule has 25 heavy (non-hydrogen) atoms. The Morgan fingerprint density at radius 1 is 1.20 bits per heavy atom. The minimum absolute atomic E-state index is 0.0675. The molecule has 1 aromatic carbocycles. The van der Waals surface area contributed by atoms with Gasteiger partial charge in [-0.25, -0.2) is 4.39 Å². The van der Waals surface area contributed by atoms with E-state index in [1.807, 2.05) is 0 Å². The predicted molar refractivity (Wildman–Crippen MR) is 97.4 cm³/mol. The smallest absolute Gasteiger partial charge is 0.258 e. The number of hydrogen-bond donors (Lipinski definition) is 1. The normalized spacial score (nSPS) is 16.4. The molecule has 2 aromatic rings. The quantitative estimate of drug-likeness (QED) is 0.818. The standard InChI is InChI=1S/C19H23FN2O2S/c20-16-4-6-17(7-5-16)24-13-19(23)21-12-18(15-8-11-25-14-15)22-9-2-1-3-10-22/h4-8,11,14,18H,1-3,9-10,12-13H2,(H,21,23). The number of hydrogen-bond acceptors (Lipinski definition) is 4. The second-order valence-electron chi connectivity index (χ2n) is 6.22. The lowest BCUT2D eigenvalue weighted by molar-refractivity contribution is -0.123. The lowest BCUT2D eigenvalue weighted by atomic mass is 10.0. The third-order valence-corrected chi connectivity index (χ3v) is 5.14. The fourth-order valence-electron chi connectivity index (χ4n) is 3.09. The second-order valence-corrected chi connectivity index (χ2v) is 7.00. The van der Waals surface area contributed by atoms with E-state index in [2.05, 4.69) is 27.0 Å². The van der Waals surface area contributed by atoms with Crippen LogP contribution in [0, 0.1) is 5.82 Å². The van der Waals surface area contributed by atoms with Gasteiger partial charge in [-0.2, -0.15) is 11.3 Å². The average Bonchev–Trinajstić information content (AvgIpc) is 3.17. The molecule has 0 spiro atoms. The number of amides is 1. The van der Waals surface area contributed by atoms with Crippen LogP contribution in [0.4, 0.5) is 4.39 Å². The van der Waals surface area contributed by atoms with Crippen LogP contribution in [-0.4, -0.2) is 37.0 Å². The van der Waals surface area contributed by atoms with E-state index in [0.717, 1.165) is 13.1 Å². The van der Waals surface area contributed by atoms with Crippen LogP contribution >= 0.6 is 11.3 Å². The molecule has 1 aliphatic heterocycles. The maximum absolute atomic E-state index is 12.9. The number of rotatable bonds is 7. The fourth-order valence-corrected chi connectivity index (χ4v) is 3.80. The number of benzene rings is 1. The first-order valence-electron chi connectivity index (χ1n) is 8.63. The van der Waals surface area contributed by atoms with Crippen LogP contribution < -0.4 is 10.1 Å². The summed E-state index contributed by atoms with van der Waals surface area (Å²) < 4.78 is 18.3. The van der Waals surface area contributed by atoms with Crippen LogP contribution in [0.15, 0.2) is 41.1 Å². The number of nitrogens with zero attached hydrogens (tertiary/aromatic N) is 1. The van der Waals surface area contributed by atoms with E-state index in [0.29, 0.717) is 12.3 Å². The molecule has 134 valence electrons. The Labute approximate surface area is 151 Å². The molecule has 1 unspecified atom stereocenters. The summed E-state index contributed by atoms with van der Waals surface area (Å²) in [7, 11) is 0. The van der Waals surface area contributed by atoms with Crippen molar-refractivity contribution in [3.8, 4) is 5.75 Å². The van der Waals surface area contributed by atoms with Gasteiger partial charge < -0.3 is 10.1 Å². The van der Waals surface area contributed by atoms with Gasteiger partial charge in [-0.05, 0) is 72.6 Å². The molecule has 1 N–H and O–H groups in total. The van der Waals surface area contributed by atoms with Crippen molar-refractivity contribution in [1.29, 1.82) is 0 Å². The monoisotopic (exact) mass is 362 g/mol. The van der Waals surface area contributed by atoms with Crippen molar-refractivity contribution in [2.75, 3.05) is 26.2 Å². The highest BCUT2D eigenvalue weighted by Crippen LogP contribution is 2.25. The lowest BCUT2D eigenvalue weighted by Gasteiger charge is -2.34. The third kappa shape index (κ3) is 5.28. The van der Waals surface area contributed by atoms with Crippen molar-refractivity contribution in [3.05, 3.63) is 52.5 Å². The number of piperidine rings is 1. The van der Waals surface area contributed by atoms with Crippen LogP contribution in [0.3, 0.4) is 0 Å². The largest absolute Gasteiger partial charge is 0.484 e. The topological polar surface area (TPSA) is 41.6 Å². The zero-order valence-corrected chi connectivity index (χ0v) is 14.9. The van der Waals surface area contributed by atoms with E-state index in [4.69, 9.17) is 4.74 Å². The summed E-state index contributed by atoms with van der Waals surface area (Å²) in [5, 5.41) is 7.20. The summed E-state index contributed by atoms with van der Waals surface area (Å²) in [4.78, 5) is 14.6. The molecule has 1 aliphatic rings. The van der Waals surface area contributed by atoms with Crippen molar-refractivity contribution in [2.24, 2.45) is 0 Å². The van der Waals surface area contributed by atoms with Gasteiger partial charge in [0.1, 0.15) is 11.6 Å². The van der Waals surface area contributed by atoms with E-state index in [1.54, 1.807) is 11.3 Å². The molecule has 0 aliphatic carbocycles. The highest BCUT2D eigenvalue weighted by Gasteiger charge is 2.23. The van der Waals surface area contributed by atoms with Gasteiger partial charge in [0.15, 0.2) is 6.61 Å². The number of carbonyl (C=O) groups excluding carboxylic acids is 1. The Kier molecular flexibility index (Phi) is 6.42. The molecule has 1 saturated heterocycles. The van der Waals surface area contributed by atoms with Crippen molar-refractivity contribution in [3.63, 3.8) is 0 Å². The molecule has 4 nitrogen and oxygen atoms in total. The van der Waals surface area contributed by atoms with Gasteiger partial charge in [0.25, 0.3) is 5.91 Å². The van der Waals surface area contributed by atoms with Crippen molar-refractivity contribution >= 4 is 17.2 Å². The van der Waals surface area contributed by atoms with Gasteiger partial charge in [-0.1, -0.05) is 6.42 Å². The highest BCUT2D eigenvalue weighted by atomic mass is 32.1. The molecule has 1 aromatic heterocycles. The Bertz CT molecular complexity index is 655. The first kappa shape index (κ1) is 17.9. The van der Waals surface area contributed by atoms with Crippen LogP contribution in [-0.2, 0) is 4.79 Å². The van der Waals surface area contributed by atoms with E-state index >= 15 is 0 Å². The van der Waals surface area contributed by atoms with Gasteiger partial charge in [0.05, 0.1) is 6.04 Å². The summed E-state index contributed by atoms with van der Waals surface area (Å²) in [5.41, 5.74) is 1.26.